The van der Waals surface area contributed by atoms with Crippen LogP contribution in [0.3, 0.4) is 0 Å². The third-order valence-corrected chi connectivity index (χ3v) is 6.27. The molecule has 0 bridgehead atoms. The Morgan fingerprint density at radius 3 is 2.42 bits per heavy atom. The van der Waals surface area contributed by atoms with Crippen molar-refractivity contribution in [3.8, 4) is 0 Å². The van der Waals surface area contributed by atoms with Gasteiger partial charge >= 0.3 is 5.97 Å². The van der Waals surface area contributed by atoms with Crippen molar-refractivity contribution in [1.82, 2.24) is 4.31 Å². The first-order valence-corrected chi connectivity index (χ1v) is 9.15. The standard InChI is InChI=1S/C17H16N2O6S/c1-25-16(20)17(11-13-7-3-2-4-8-13)12-18(17)26(23,24)15-10-6-5-9-14(15)19(21)22/h2-10H,11-12H2,1H3/t17-,18?/m1/s1. The van der Waals surface area contributed by atoms with E-state index in [4.69, 9.17) is 4.74 Å². The van der Waals surface area contributed by atoms with Crippen molar-refractivity contribution in [3.05, 3.63) is 70.3 Å². The highest BCUT2D eigenvalue weighted by atomic mass is 32.2. The molecule has 2 aromatic carbocycles. The van der Waals surface area contributed by atoms with Gasteiger partial charge in [-0.3, -0.25) is 10.1 Å². The topological polar surface area (TPSA) is 107 Å². The van der Waals surface area contributed by atoms with Crippen LogP contribution in [-0.2, 0) is 26.0 Å². The van der Waals surface area contributed by atoms with E-state index in [9.17, 15) is 23.3 Å². The molecule has 3 rings (SSSR count). The van der Waals surface area contributed by atoms with Gasteiger partial charge in [-0.25, -0.2) is 13.2 Å². The number of carbonyl (C=O) groups excluding carboxylic acids is 1. The van der Waals surface area contributed by atoms with Gasteiger partial charge in [-0.15, -0.1) is 0 Å². The zero-order valence-corrected chi connectivity index (χ0v) is 14.7. The first kappa shape index (κ1) is 18.0. The molecule has 26 heavy (non-hydrogen) atoms. The van der Waals surface area contributed by atoms with Crippen molar-refractivity contribution in [1.29, 1.82) is 0 Å². The van der Waals surface area contributed by atoms with Gasteiger partial charge in [0.1, 0.15) is 0 Å². The van der Waals surface area contributed by atoms with Gasteiger partial charge < -0.3 is 4.74 Å². The van der Waals surface area contributed by atoms with E-state index in [1.54, 1.807) is 24.3 Å². The maximum atomic E-state index is 13.0. The van der Waals surface area contributed by atoms with Crippen LogP contribution in [0.5, 0.6) is 0 Å². The molecule has 2 atom stereocenters. The van der Waals surface area contributed by atoms with Crippen LogP contribution < -0.4 is 0 Å². The third-order valence-electron chi connectivity index (χ3n) is 4.31. The van der Waals surface area contributed by atoms with Gasteiger partial charge in [0.15, 0.2) is 10.4 Å². The van der Waals surface area contributed by atoms with Crippen molar-refractivity contribution in [3.63, 3.8) is 0 Å². The largest absolute Gasteiger partial charge is 0.468 e. The summed E-state index contributed by atoms with van der Waals surface area (Å²) in [6, 6.07) is 14.0. The lowest BCUT2D eigenvalue weighted by molar-refractivity contribution is -0.387. The van der Waals surface area contributed by atoms with Crippen LogP contribution in [0.1, 0.15) is 5.56 Å². The van der Waals surface area contributed by atoms with E-state index >= 15 is 0 Å². The van der Waals surface area contributed by atoms with Crippen LogP contribution >= 0.6 is 0 Å². The smallest absolute Gasteiger partial charge is 0.329 e. The highest BCUT2D eigenvalue weighted by Crippen LogP contribution is 2.43. The average molecular weight is 376 g/mol. The predicted octanol–water partition coefficient (Wildman–Crippen LogP) is 1.75. The summed E-state index contributed by atoms with van der Waals surface area (Å²) in [5.41, 5.74) is -1.16. The minimum atomic E-state index is -4.23. The van der Waals surface area contributed by atoms with Gasteiger partial charge in [-0.2, -0.15) is 4.31 Å². The summed E-state index contributed by atoms with van der Waals surface area (Å²) in [5.74, 6) is -0.691. The van der Waals surface area contributed by atoms with Gasteiger partial charge in [-0.1, -0.05) is 42.5 Å². The molecule has 136 valence electrons. The molecular formula is C17H16N2O6S. The van der Waals surface area contributed by atoms with E-state index < -0.39 is 37.0 Å². The minimum Gasteiger partial charge on any atom is -0.468 e. The number of hydrogen-bond donors (Lipinski definition) is 0. The number of nitro benzene ring substituents is 1. The molecule has 0 N–H and O–H groups in total. The number of rotatable bonds is 6. The second-order valence-corrected chi connectivity index (χ2v) is 7.75. The summed E-state index contributed by atoms with van der Waals surface area (Å²) < 4.78 is 31.7. The van der Waals surface area contributed by atoms with Gasteiger partial charge in [0, 0.05) is 19.0 Å². The lowest BCUT2D eigenvalue weighted by Crippen LogP contribution is -2.35. The summed E-state index contributed by atoms with van der Waals surface area (Å²) >= 11 is 0. The molecule has 1 aliphatic heterocycles. The molecular weight excluding hydrogens is 360 g/mol. The summed E-state index contributed by atoms with van der Waals surface area (Å²) in [6.07, 6.45) is 0.125. The van der Waals surface area contributed by atoms with Gasteiger partial charge in [-0.05, 0) is 11.6 Å². The maximum Gasteiger partial charge on any atom is 0.329 e. The highest BCUT2D eigenvalue weighted by Gasteiger charge is 2.65. The van der Waals surface area contributed by atoms with Gasteiger partial charge in [0.25, 0.3) is 15.7 Å². The quantitative estimate of drug-likeness (QED) is 0.329. The Labute approximate surface area is 150 Å². The van der Waals surface area contributed by atoms with E-state index in [1.807, 2.05) is 6.07 Å². The lowest BCUT2D eigenvalue weighted by Gasteiger charge is -2.16. The second-order valence-electron chi connectivity index (χ2n) is 5.92. The molecule has 0 saturated carbocycles. The predicted molar refractivity (Wildman–Crippen MR) is 91.9 cm³/mol. The van der Waals surface area contributed by atoms with E-state index in [1.165, 1.54) is 19.2 Å². The zero-order chi connectivity index (χ0) is 18.9. The molecule has 0 spiro atoms. The van der Waals surface area contributed by atoms with Crippen LogP contribution in [0.2, 0.25) is 0 Å². The van der Waals surface area contributed by atoms with E-state index in [2.05, 4.69) is 0 Å². The summed E-state index contributed by atoms with van der Waals surface area (Å²) in [6.45, 7) is -0.0943. The van der Waals surface area contributed by atoms with E-state index in [-0.39, 0.29) is 13.0 Å². The number of para-hydroxylation sites is 1. The summed E-state index contributed by atoms with van der Waals surface area (Å²) in [4.78, 5) is 22.3. The Bertz CT molecular complexity index is 960. The molecule has 8 nitrogen and oxygen atoms in total. The number of methoxy groups -OCH3 is 1. The fraction of sp³-hybridized carbons (Fsp3) is 0.235. The molecule has 0 aliphatic carbocycles. The van der Waals surface area contributed by atoms with Crippen molar-refractivity contribution in [2.24, 2.45) is 0 Å². The lowest BCUT2D eigenvalue weighted by atomic mass is 10.00. The highest BCUT2D eigenvalue weighted by molar-refractivity contribution is 7.89. The maximum absolute atomic E-state index is 13.0. The summed E-state index contributed by atoms with van der Waals surface area (Å²) in [5, 5.41) is 11.2. The number of nitro groups is 1. The van der Waals surface area contributed by atoms with Crippen molar-refractivity contribution in [2.45, 2.75) is 16.9 Å². The number of sulfonamides is 1. The molecule has 1 saturated heterocycles. The fourth-order valence-corrected chi connectivity index (χ4v) is 4.85. The van der Waals surface area contributed by atoms with E-state index in [0.717, 1.165) is 22.0 Å². The first-order valence-electron chi connectivity index (χ1n) is 7.71. The van der Waals surface area contributed by atoms with Gasteiger partial charge in [0.05, 0.1) is 12.0 Å². The Morgan fingerprint density at radius 2 is 1.81 bits per heavy atom. The van der Waals surface area contributed by atoms with Crippen molar-refractivity contribution >= 4 is 21.7 Å². The molecule has 1 aliphatic rings. The molecule has 9 heteroatoms. The Morgan fingerprint density at radius 1 is 1.19 bits per heavy atom. The van der Waals surface area contributed by atoms with E-state index in [0.29, 0.717) is 0 Å². The number of benzene rings is 2. The summed E-state index contributed by atoms with van der Waals surface area (Å²) in [7, 11) is -3.05. The minimum absolute atomic E-state index is 0.0943. The number of hydrogen-bond acceptors (Lipinski definition) is 6. The van der Waals surface area contributed by atoms with Crippen LogP contribution in [0.4, 0.5) is 5.69 Å². The number of ether oxygens (including phenoxy) is 1. The molecule has 1 unspecified atom stereocenters. The Balaban J connectivity index is 2.01. The second kappa shape index (κ2) is 6.50. The zero-order valence-electron chi connectivity index (χ0n) is 13.9. The number of nitrogens with zero attached hydrogens (tertiary/aromatic N) is 2. The monoisotopic (exact) mass is 376 g/mol. The average Bonchev–Trinajstić information content (AvgIpc) is 3.38. The van der Waals surface area contributed by atoms with Crippen LogP contribution in [0.25, 0.3) is 0 Å². The van der Waals surface area contributed by atoms with Crippen LogP contribution in [0, 0.1) is 10.1 Å². The van der Waals surface area contributed by atoms with Crippen LogP contribution in [-0.4, -0.2) is 42.8 Å². The molecule has 0 amide bonds. The first-order chi connectivity index (χ1) is 12.3. The molecule has 0 aromatic heterocycles. The van der Waals surface area contributed by atoms with Crippen molar-refractivity contribution in [2.75, 3.05) is 13.7 Å². The van der Waals surface area contributed by atoms with Crippen molar-refractivity contribution < 1.29 is 22.9 Å². The molecule has 0 radical (unpaired) electrons. The normalized spacial score (nSPS) is 21.8. The Hall–Kier alpha value is -2.78. The Kier molecular flexibility index (Phi) is 4.51. The van der Waals surface area contributed by atoms with Crippen LogP contribution in [0.15, 0.2) is 59.5 Å². The van der Waals surface area contributed by atoms with Gasteiger partial charge in [0.2, 0.25) is 0 Å². The SMILES string of the molecule is COC(=O)[C@@]1(Cc2ccccc2)CN1S(=O)(=O)c1ccccc1[N+](=O)[O-]. The number of carbonyl (C=O) groups is 1. The molecule has 2 aromatic rings. The third kappa shape index (κ3) is 2.95. The fourth-order valence-electron chi connectivity index (χ4n) is 2.97. The molecule has 1 heterocycles. The molecule has 1 fully saturated rings. The number of esters is 1.